The molecule has 0 unspecified atom stereocenters. The maximum absolute atomic E-state index is 13.2. The van der Waals surface area contributed by atoms with Crippen LogP contribution in [0.2, 0.25) is 0 Å². The number of fused-ring (bicyclic) bond motifs is 2. The quantitative estimate of drug-likeness (QED) is 0.337. The van der Waals surface area contributed by atoms with E-state index in [1.165, 1.54) is 43.9 Å². The molecule has 2 heterocycles. The summed E-state index contributed by atoms with van der Waals surface area (Å²) in [5.74, 6) is -2.01. The van der Waals surface area contributed by atoms with Gasteiger partial charge in [-0.25, -0.2) is 9.59 Å². The number of aromatic nitrogens is 1. The standard InChI is InChI=1S/C30H34N2O8/c1-29(2,3)40-28(37)31-16-18(21-13-17(11-12-22(21)31)14-24(33)30(4,5)38)15-23(27(36)39-6)32-25(34)19-9-7-8-10-20(19)26(32)35/h7-13,16,23-24,33,38H,14-15H2,1-6H3/t23-,24+/m0/s1. The summed E-state index contributed by atoms with van der Waals surface area (Å²) in [5.41, 5.74) is -0.119. The van der Waals surface area contributed by atoms with Gasteiger partial charge in [-0.2, -0.15) is 0 Å². The van der Waals surface area contributed by atoms with Gasteiger partial charge < -0.3 is 19.7 Å². The molecule has 2 aromatic carbocycles. The number of aliphatic hydroxyl groups excluding tert-OH is 1. The van der Waals surface area contributed by atoms with E-state index < -0.39 is 47.2 Å². The number of ether oxygens (including phenoxy) is 2. The molecule has 10 nitrogen and oxygen atoms in total. The highest BCUT2D eigenvalue weighted by Crippen LogP contribution is 2.31. The summed E-state index contributed by atoms with van der Waals surface area (Å²) in [6, 6.07) is 10.2. The average molecular weight is 551 g/mol. The van der Waals surface area contributed by atoms with Gasteiger partial charge in [-0.15, -0.1) is 0 Å². The molecule has 3 aromatic rings. The highest BCUT2D eigenvalue weighted by atomic mass is 16.6. The molecule has 0 fully saturated rings. The fourth-order valence-corrected chi connectivity index (χ4v) is 4.69. The lowest BCUT2D eigenvalue weighted by Gasteiger charge is -2.25. The summed E-state index contributed by atoms with van der Waals surface area (Å²) in [6.07, 6.45) is -0.216. The zero-order valence-electron chi connectivity index (χ0n) is 23.4. The Balaban J connectivity index is 1.81. The maximum atomic E-state index is 13.2. The first-order valence-corrected chi connectivity index (χ1v) is 12.9. The number of hydrogen-bond donors (Lipinski definition) is 2. The number of hydrogen-bond acceptors (Lipinski definition) is 8. The summed E-state index contributed by atoms with van der Waals surface area (Å²) < 4.78 is 11.9. The molecule has 0 spiro atoms. The molecule has 212 valence electrons. The third-order valence-electron chi connectivity index (χ3n) is 6.81. The zero-order valence-corrected chi connectivity index (χ0v) is 23.4. The summed E-state index contributed by atoms with van der Waals surface area (Å²) in [7, 11) is 1.17. The van der Waals surface area contributed by atoms with Crippen molar-refractivity contribution >= 4 is 34.8 Å². The van der Waals surface area contributed by atoms with Crippen LogP contribution in [0.4, 0.5) is 4.79 Å². The molecule has 1 aliphatic rings. The third-order valence-corrected chi connectivity index (χ3v) is 6.81. The van der Waals surface area contributed by atoms with Crippen LogP contribution in [-0.4, -0.2) is 74.0 Å². The van der Waals surface area contributed by atoms with Crippen LogP contribution in [0, 0.1) is 0 Å². The van der Waals surface area contributed by atoms with E-state index in [1.54, 1.807) is 51.1 Å². The summed E-state index contributed by atoms with van der Waals surface area (Å²) >= 11 is 0. The van der Waals surface area contributed by atoms with Crippen LogP contribution >= 0.6 is 0 Å². The van der Waals surface area contributed by atoms with E-state index in [0.29, 0.717) is 22.0 Å². The maximum Gasteiger partial charge on any atom is 0.419 e. The second-order valence-electron chi connectivity index (χ2n) is 11.5. The molecule has 2 atom stereocenters. The van der Waals surface area contributed by atoms with Crippen molar-refractivity contribution in [1.29, 1.82) is 0 Å². The van der Waals surface area contributed by atoms with Crippen molar-refractivity contribution in [3.05, 3.63) is 70.9 Å². The number of benzene rings is 2. The Hall–Kier alpha value is -4.02. The smallest absolute Gasteiger partial charge is 0.419 e. The number of amides is 2. The van der Waals surface area contributed by atoms with Crippen LogP contribution in [-0.2, 0) is 27.1 Å². The van der Waals surface area contributed by atoms with Crippen LogP contribution in [0.15, 0.2) is 48.7 Å². The Morgan fingerprint density at radius 1 is 0.950 bits per heavy atom. The molecule has 0 saturated carbocycles. The molecule has 0 radical (unpaired) electrons. The molecule has 40 heavy (non-hydrogen) atoms. The van der Waals surface area contributed by atoms with Crippen molar-refractivity contribution < 1.29 is 38.9 Å². The molecule has 2 amide bonds. The SMILES string of the molecule is COC(=O)[C@H](Cc1cn(C(=O)OC(C)(C)C)c2ccc(C[C@@H](O)C(C)(C)O)cc12)N1C(=O)c2ccccc2C1=O. The summed E-state index contributed by atoms with van der Waals surface area (Å²) in [4.78, 5) is 53.5. The Morgan fingerprint density at radius 3 is 2.08 bits per heavy atom. The Labute approximate surface area is 232 Å². The second-order valence-corrected chi connectivity index (χ2v) is 11.5. The van der Waals surface area contributed by atoms with Gasteiger partial charge in [0, 0.05) is 24.4 Å². The molecular weight excluding hydrogens is 516 g/mol. The molecule has 0 bridgehead atoms. The largest absolute Gasteiger partial charge is 0.467 e. The van der Waals surface area contributed by atoms with E-state index in [-0.39, 0.29) is 24.0 Å². The van der Waals surface area contributed by atoms with Crippen molar-refractivity contribution in [2.45, 2.75) is 70.8 Å². The summed E-state index contributed by atoms with van der Waals surface area (Å²) in [5, 5.41) is 21.2. The van der Waals surface area contributed by atoms with Gasteiger partial charge in [0.1, 0.15) is 11.6 Å². The molecule has 0 aliphatic carbocycles. The molecule has 4 rings (SSSR count). The van der Waals surface area contributed by atoms with E-state index in [1.807, 2.05) is 0 Å². The third kappa shape index (κ3) is 5.64. The fourth-order valence-electron chi connectivity index (χ4n) is 4.69. The number of carbonyl (C=O) groups is 4. The topological polar surface area (TPSA) is 135 Å². The van der Waals surface area contributed by atoms with E-state index >= 15 is 0 Å². The van der Waals surface area contributed by atoms with Crippen LogP contribution < -0.4 is 0 Å². The number of esters is 1. The lowest BCUT2D eigenvalue weighted by molar-refractivity contribution is -0.145. The van der Waals surface area contributed by atoms with Crippen LogP contribution in [0.1, 0.15) is 66.5 Å². The predicted molar refractivity (Wildman–Crippen MR) is 146 cm³/mol. The van der Waals surface area contributed by atoms with E-state index in [9.17, 15) is 29.4 Å². The van der Waals surface area contributed by atoms with Gasteiger partial charge in [0.2, 0.25) is 0 Å². The lowest BCUT2D eigenvalue weighted by atomic mass is 9.94. The van der Waals surface area contributed by atoms with Crippen molar-refractivity contribution in [3.8, 4) is 0 Å². The molecule has 1 aromatic heterocycles. The second kappa shape index (κ2) is 10.5. The zero-order chi connectivity index (χ0) is 29.6. The highest BCUT2D eigenvalue weighted by molar-refractivity contribution is 6.22. The Bertz CT molecular complexity index is 1460. The summed E-state index contributed by atoms with van der Waals surface area (Å²) in [6.45, 7) is 8.23. The Morgan fingerprint density at radius 2 is 1.55 bits per heavy atom. The number of carbonyl (C=O) groups excluding carboxylic acids is 4. The minimum atomic E-state index is -1.35. The molecule has 0 saturated heterocycles. The van der Waals surface area contributed by atoms with Gasteiger partial charge in [0.05, 0.1) is 35.5 Å². The molecular formula is C30H34N2O8. The van der Waals surface area contributed by atoms with Gasteiger partial charge in [0.15, 0.2) is 0 Å². The minimum Gasteiger partial charge on any atom is -0.467 e. The van der Waals surface area contributed by atoms with Gasteiger partial charge in [0.25, 0.3) is 11.8 Å². The number of rotatable bonds is 7. The van der Waals surface area contributed by atoms with Gasteiger partial charge in [-0.05, 0) is 70.0 Å². The monoisotopic (exact) mass is 550 g/mol. The first-order valence-electron chi connectivity index (χ1n) is 12.9. The normalized spacial score (nSPS) is 15.2. The van der Waals surface area contributed by atoms with Crippen molar-refractivity contribution in [1.82, 2.24) is 9.47 Å². The Kier molecular flexibility index (Phi) is 7.62. The molecule has 10 heteroatoms. The van der Waals surface area contributed by atoms with Gasteiger partial charge in [-0.1, -0.05) is 18.2 Å². The van der Waals surface area contributed by atoms with Crippen LogP contribution in [0.3, 0.4) is 0 Å². The number of methoxy groups -OCH3 is 1. The first-order chi connectivity index (χ1) is 18.6. The van der Waals surface area contributed by atoms with Crippen LogP contribution in [0.5, 0.6) is 0 Å². The number of imide groups is 1. The highest BCUT2D eigenvalue weighted by Gasteiger charge is 2.43. The van der Waals surface area contributed by atoms with Crippen molar-refractivity contribution in [2.75, 3.05) is 7.11 Å². The predicted octanol–water partition coefficient (Wildman–Crippen LogP) is 3.48. The minimum absolute atomic E-state index is 0.120. The number of aliphatic hydroxyl groups is 2. The van der Waals surface area contributed by atoms with Crippen molar-refractivity contribution in [2.24, 2.45) is 0 Å². The van der Waals surface area contributed by atoms with Crippen molar-refractivity contribution in [3.63, 3.8) is 0 Å². The lowest BCUT2D eigenvalue weighted by Crippen LogP contribution is -2.46. The van der Waals surface area contributed by atoms with Crippen LogP contribution in [0.25, 0.3) is 10.9 Å². The average Bonchev–Trinajstić information content (AvgIpc) is 3.35. The number of nitrogens with zero attached hydrogens (tertiary/aromatic N) is 2. The van der Waals surface area contributed by atoms with E-state index in [0.717, 1.165) is 4.90 Å². The van der Waals surface area contributed by atoms with Gasteiger partial charge in [-0.3, -0.25) is 19.1 Å². The molecule has 2 N–H and O–H groups in total. The fraction of sp³-hybridized carbons (Fsp3) is 0.400. The van der Waals surface area contributed by atoms with E-state index in [2.05, 4.69) is 0 Å². The molecule has 1 aliphatic heterocycles. The first kappa shape index (κ1) is 29.0. The van der Waals surface area contributed by atoms with E-state index in [4.69, 9.17) is 9.47 Å². The van der Waals surface area contributed by atoms with Gasteiger partial charge >= 0.3 is 12.1 Å².